The highest BCUT2D eigenvalue weighted by Crippen LogP contribution is 2.10. The average molecular weight is 402 g/mol. The number of hydrogen-bond acceptors (Lipinski definition) is 7. The molecule has 0 atom stereocenters. The highest BCUT2D eigenvalue weighted by molar-refractivity contribution is 5.94. The predicted octanol–water partition coefficient (Wildman–Crippen LogP) is 0.449. The fraction of sp³-hybridized carbons (Fsp3) is 0.421. The number of rotatable bonds is 6. The number of morpholine rings is 1. The van der Waals surface area contributed by atoms with Gasteiger partial charge in [0.2, 0.25) is 5.91 Å². The molecule has 154 valence electrons. The lowest BCUT2D eigenvalue weighted by molar-refractivity contribution is -0.144. The van der Waals surface area contributed by atoms with Gasteiger partial charge in [-0.2, -0.15) is 0 Å². The number of hydrogen-bond donors (Lipinski definition) is 1. The molecule has 1 aliphatic rings. The summed E-state index contributed by atoms with van der Waals surface area (Å²) >= 11 is 0. The number of nitrogens with one attached hydrogen (secondary N) is 1. The summed E-state index contributed by atoms with van der Waals surface area (Å²) in [4.78, 5) is 54.5. The SMILES string of the molecule is CCOC(=O)CCC(=O)Nc1cnc2ccc(C(=O)N3CCOCC3)cn2c1=O. The predicted molar refractivity (Wildman–Crippen MR) is 103 cm³/mol. The number of anilines is 1. The second-order valence-corrected chi connectivity index (χ2v) is 6.38. The Morgan fingerprint density at radius 3 is 2.69 bits per heavy atom. The Bertz CT molecular complexity index is 980. The Morgan fingerprint density at radius 2 is 1.97 bits per heavy atom. The first kappa shape index (κ1) is 20.5. The lowest BCUT2D eigenvalue weighted by atomic mass is 10.2. The van der Waals surface area contributed by atoms with Crippen molar-refractivity contribution in [3.63, 3.8) is 0 Å². The molecule has 1 N–H and O–H groups in total. The maximum absolute atomic E-state index is 12.7. The van der Waals surface area contributed by atoms with E-state index < -0.39 is 17.4 Å². The summed E-state index contributed by atoms with van der Waals surface area (Å²) < 4.78 is 11.2. The number of nitrogens with zero attached hydrogens (tertiary/aromatic N) is 3. The molecule has 2 aromatic heterocycles. The van der Waals surface area contributed by atoms with Crippen LogP contribution in [-0.2, 0) is 19.1 Å². The average Bonchev–Trinajstić information content (AvgIpc) is 2.74. The number of carbonyl (C=O) groups excluding carboxylic acids is 3. The Labute approximate surface area is 166 Å². The van der Waals surface area contributed by atoms with Crippen LogP contribution >= 0.6 is 0 Å². The lowest BCUT2D eigenvalue weighted by Crippen LogP contribution is -2.40. The zero-order chi connectivity index (χ0) is 20.8. The fourth-order valence-corrected chi connectivity index (χ4v) is 2.90. The van der Waals surface area contributed by atoms with Crippen molar-refractivity contribution in [2.24, 2.45) is 0 Å². The molecule has 10 heteroatoms. The molecule has 0 aliphatic carbocycles. The van der Waals surface area contributed by atoms with E-state index in [4.69, 9.17) is 9.47 Å². The van der Waals surface area contributed by atoms with Gasteiger partial charge in [0.25, 0.3) is 11.5 Å². The van der Waals surface area contributed by atoms with Crippen LogP contribution in [0.4, 0.5) is 5.69 Å². The second kappa shape index (κ2) is 9.28. The van der Waals surface area contributed by atoms with Crippen LogP contribution < -0.4 is 10.9 Å². The molecule has 0 radical (unpaired) electrons. The van der Waals surface area contributed by atoms with Crippen LogP contribution in [0.2, 0.25) is 0 Å². The molecule has 1 fully saturated rings. The Morgan fingerprint density at radius 1 is 1.21 bits per heavy atom. The molecule has 29 heavy (non-hydrogen) atoms. The van der Waals surface area contributed by atoms with Crippen LogP contribution in [0.25, 0.3) is 5.65 Å². The lowest BCUT2D eigenvalue weighted by Gasteiger charge is -2.26. The molecule has 2 amide bonds. The van der Waals surface area contributed by atoms with Crippen molar-refractivity contribution in [1.82, 2.24) is 14.3 Å². The molecule has 0 saturated carbocycles. The van der Waals surface area contributed by atoms with E-state index in [1.807, 2.05) is 0 Å². The van der Waals surface area contributed by atoms with Crippen molar-refractivity contribution >= 4 is 29.1 Å². The number of amides is 2. The van der Waals surface area contributed by atoms with Gasteiger partial charge in [-0.3, -0.25) is 23.6 Å². The third kappa shape index (κ3) is 4.96. The summed E-state index contributed by atoms with van der Waals surface area (Å²) in [7, 11) is 0. The van der Waals surface area contributed by atoms with Crippen molar-refractivity contribution in [2.45, 2.75) is 19.8 Å². The van der Waals surface area contributed by atoms with E-state index in [0.29, 0.717) is 37.5 Å². The van der Waals surface area contributed by atoms with Crippen molar-refractivity contribution in [3.05, 3.63) is 40.4 Å². The van der Waals surface area contributed by atoms with Crippen LogP contribution in [-0.4, -0.2) is 65.0 Å². The molecule has 10 nitrogen and oxygen atoms in total. The summed E-state index contributed by atoms with van der Waals surface area (Å²) in [6.07, 6.45) is 2.47. The Balaban J connectivity index is 1.77. The van der Waals surface area contributed by atoms with Gasteiger partial charge in [-0.1, -0.05) is 0 Å². The van der Waals surface area contributed by atoms with Gasteiger partial charge in [0, 0.05) is 25.7 Å². The third-order valence-electron chi connectivity index (χ3n) is 4.38. The summed E-state index contributed by atoms with van der Waals surface area (Å²) in [5, 5.41) is 2.46. The minimum absolute atomic E-state index is 0.0349. The number of carbonyl (C=O) groups is 3. The van der Waals surface area contributed by atoms with Gasteiger partial charge < -0.3 is 19.7 Å². The summed E-state index contributed by atoms with van der Waals surface area (Å²) in [5.74, 6) is -1.19. The van der Waals surface area contributed by atoms with Crippen LogP contribution in [0.15, 0.2) is 29.3 Å². The molecule has 3 heterocycles. The van der Waals surface area contributed by atoms with E-state index in [-0.39, 0.29) is 31.0 Å². The molecule has 0 bridgehead atoms. The van der Waals surface area contributed by atoms with Crippen molar-refractivity contribution in [1.29, 1.82) is 0 Å². The molecule has 2 aromatic rings. The first-order valence-corrected chi connectivity index (χ1v) is 9.33. The van der Waals surface area contributed by atoms with Crippen molar-refractivity contribution in [2.75, 3.05) is 38.2 Å². The first-order valence-electron chi connectivity index (χ1n) is 9.33. The molecular formula is C19H22N4O6. The molecular weight excluding hydrogens is 380 g/mol. The number of esters is 1. The molecule has 1 saturated heterocycles. The zero-order valence-electron chi connectivity index (χ0n) is 16.1. The van der Waals surface area contributed by atoms with Gasteiger partial charge in [0.1, 0.15) is 11.3 Å². The second-order valence-electron chi connectivity index (χ2n) is 6.38. The number of ether oxygens (including phenoxy) is 2. The van der Waals surface area contributed by atoms with E-state index in [1.165, 1.54) is 16.8 Å². The van der Waals surface area contributed by atoms with Crippen molar-refractivity contribution < 1.29 is 23.9 Å². The van der Waals surface area contributed by atoms with Gasteiger partial charge >= 0.3 is 5.97 Å². The molecule has 0 spiro atoms. The molecule has 0 aromatic carbocycles. The summed E-state index contributed by atoms with van der Waals surface area (Å²) in [6.45, 7) is 3.84. The number of pyridine rings is 1. The molecule has 0 unspecified atom stereocenters. The van der Waals surface area contributed by atoms with Crippen LogP contribution in [0.3, 0.4) is 0 Å². The van der Waals surface area contributed by atoms with Crippen LogP contribution in [0, 0.1) is 0 Å². The quantitative estimate of drug-likeness (QED) is 0.697. The first-order chi connectivity index (χ1) is 14.0. The van der Waals surface area contributed by atoms with Crippen molar-refractivity contribution in [3.8, 4) is 0 Å². The monoisotopic (exact) mass is 402 g/mol. The van der Waals surface area contributed by atoms with Gasteiger partial charge in [0.15, 0.2) is 0 Å². The topological polar surface area (TPSA) is 119 Å². The van der Waals surface area contributed by atoms with E-state index in [1.54, 1.807) is 24.0 Å². The van der Waals surface area contributed by atoms with Crippen LogP contribution in [0.1, 0.15) is 30.1 Å². The van der Waals surface area contributed by atoms with E-state index in [0.717, 1.165) is 0 Å². The van der Waals surface area contributed by atoms with Gasteiger partial charge in [-0.15, -0.1) is 0 Å². The van der Waals surface area contributed by atoms with E-state index in [2.05, 4.69) is 10.3 Å². The number of fused-ring (bicyclic) bond motifs is 1. The normalized spacial score (nSPS) is 13.9. The minimum Gasteiger partial charge on any atom is -0.466 e. The minimum atomic E-state index is -0.517. The van der Waals surface area contributed by atoms with Gasteiger partial charge in [0.05, 0.1) is 38.0 Å². The highest BCUT2D eigenvalue weighted by atomic mass is 16.5. The highest BCUT2D eigenvalue weighted by Gasteiger charge is 2.19. The fourth-order valence-electron chi connectivity index (χ4n) is 2.90. The van der Waals surface area contributed by atoms with E-state index >= 15 is 0 Å². The third-order valence-corrected chi connectivity index (χ3v) is 4.38. The Hall–Kier alpha value is -3.27. The smallest absolute Gasteiger partial charge is 0.306 e. The molecule has 1 aliphatic heterocycles. The maximum atomic E-state index is 12.7. The Kier molecular flexibility index (Phi) is 6.55. The van der Waals surface area contributed by atoms with E-state index in [9.17, 15) is 19.2 Å². The van der Waals surface area contributed by atoms with Gasteiger partial charge in [-0.05, 0) is 19.1 Å². The number of aromatic nitrogens is 2. The summed E-state index contributed by atoms with van der Waals surface area (Å²) in [5.41, 5.74) is 0.135. The standard InChI is InChI=1S/C19H22N4O6/c1-2-29-17(25)6-5-16(24)21-14-11-20-15-4-3-13(12-23(15)19(14)27)18(26)22-7-9-28-10-8-22/h3-4,11-12H,2,5-10H2,1H3,(H,21,24). The zero-order valence-corrected chi connectivity index (χ0v) is 16.1. The summed E-state index contributed by atoms with van der Waals surface area (Å²) in [6, 6.07) is 3.18. The van der Waals surface area contributed by atoms with Crippen LogP contribution in [0.5, 0.6) is 0 Å². The molecule has 3 rings (SSSR count). The maximum Gasteiger partial charge on any atom is 0.306 e. The largest absolute Gasteiger partial charge is 0.466 e. The van der Waals surface area contributed by atoms with Gasteiger partial charge in [-0.25, -0.2) is 4.98 Å².